The molecule has 0 saturated carbocycles. The zero-order chi connectivity index (χ0) is 10.2. The minimum absolute atomic E-state index is 0. The Labute approximate surface area is 94.6 Å². The number of nitrogens with zero attached hydrogens (tertiary/aromatic N) is 1. The Kier molecular flexibility index (Phi) is 9.07. The van der Waals surface area contributed by atoms with Gasteiger partial charge in [-0.1, -0.05) is 46.0 Å². The Hall–Kier alpha value is -0.110. The number of hydrogen-bond donors (Lipinski definition) is 0. The summed E-state index contributed by atoms with van der Waals surface area (Å²) in [6, 6.07) is 0. The van der Waals surface area contributed by atoms with Crippen LogP contribution in [-0.4, -0.2) is 24.5 Å². The van der Waals surface area contributed by atoms with E-state index in [1.807, 2.05) is 0 Å². The molecule has 1 heterocycles. The molecule has 0 amide bonds. The fourth-order valence-corrected chi connectivity index (χ4v) is 2.39. The number of halogens is 1. The van der Waals surface area contributed by atoms with Crippen LogP contribution >= 0.6 is 0 Å². The van der Waals surface area contributed by atoms with Crippen LogP contribution in [0.15, 0.2) is 0 Å². The SMILES string of the molecule is CCCCCCCN1CCC(CC)C1.F. The van der Waals surface area contributed by atoms with E-state index in [0.717, 1.165) is 5.92 Å². The second-order valence-corrected chi connectivity index (χ2v) is 4.78. The first kappa shape index (κ1) is 14.9. The Morgan fingerprint density at radius 1 is 1.07 bits per heavy atom. The van der Waals surface area contributed by atoms with E-state index in [1.165, 1.54) is 64.6 Å². The molecular formula is C13H28FN. The van der Waals surface area contributed by atoms with Crippen LogP contribution in [0, 0.1) is 5.92 Å². The molecule has 0 N–H and O–H groups in total. The summed E-state index contributed by atoms with van der Waals surface area (Å²) in [7, 11) is 0. The molecule has 1 saturated heterocycles. The van der Waals surface area contributed by atoms with Gasteiger partial charge in [-0.05, 0) is 31.8 Å². The maximum atomic E-state index is 2.67. The molecule has 1 unspecified atom stereocenters. The Morgan fingerprint density at radius 2 is 1.80 bits per heavy atom. The first-order valence-corrected chi connectivity index (χ1v) is 6.59. The minimum Gasteiger partial charge on any atom is -0.303 e. The van der Waals surface area contributed by atoms with Crippen molar-refractivity contribution in [1.82, 2.24) is 4.90 Å². The largest absolute Gasteiger partial charge is 0.303 e. The van der Waals surface area contributed by atoms with Crippen molar-refractivity contribution in [2.24, 2.45) is 5.92 Å². The third kappa shape index (κ3) is 6.14. The van der Waals surface area contributed by atoms with E-state index in [-0.39, 0.29) is 4.70 Å². The molecule has 0 aromatic heterocycles. The molecule has 15 heavy (non-hydrogen) atoms. The van der Waals surface area contributed by atoms with Crippen molar-refractivity contribution in [3.05, 3.63) is 0 Å². The molecule has 0 spiro atoms. The minimum atomic E-state index is 0. The summed E-state index contributed by atoms with van der Waals surface area (Å²) in [6.45, 7) is 8.72. The molecule has 0 bridgehead atoms. The van der Waals surface area contributed by atoms with E-state index in [9.17, 15) is 0 Å². The number of likely N-dealkylation sites (tertiary alicyclic amines) is 1. The van der Waals surface area contributed by atoms with Crippen LogP contribution in [0.5, 0.6) is 0 Å². The van der Waals surface area contributed by atoms with E-state index in [0.29, 0.717) is 0 Å². The molecule has 0 radical (unpaired) electrons. The smallest absolute Gasteiger partial charge is 0.00100 e. The topological polar surface area (TPSA) is 3.24 Å². The van der Waals surface area contributed by atoms with Crippen molar-refractivity contribution in [3.63, 3.8) is 0 Å². The van der Waals surface area contributed by atoms with E-state index < -0.39 is 0 Å². The molecule has 1 nitrogen and oxygen atoms in total. The van der Waals surface area contributed by atoms with Crippen LogP contribution in [0.3, 0.4) is 0 Å². The van der Waals surface area contributed by atoms with Gasteiger partial charge in [0.25, 0.3) is 0 Å². The summed E-state index contributed by atoms with van der Waals surface area (Å²) < 4.78 is 0. The van der Waals surface area contributed by atoms with Crippen LogP contribution in [0.1, 0.15) is 58.8 Å². The molecule has 1 rings (SSSR count). The second-order valence-electron chi connectivity index (χ2n) is 4.78. The molecule has 1 aliphatic heterocycles. The normalized spacial score (nSPS) is 21.6. The van der Waals surface area contributed by atoms with Crippen LogP contribution in [0.25, 0.3) is 0 Å². The maximum Gasteiger partial charge on any atom is 0.00100 e. The van der Waals surface area contributed by atoms with Crippen molar-refractivity contribution in [2.45, 2.75) is 58.8 Å². The van der Waals surface area contributed by atoms with Gasteiger partial charge in [0.2, 0.25) is 0 Å². The summed E-state index contributed by atoms with van der Waals surface area (Å²) in [5.74, 6) is 1.01. The zero-order valence-electron chi connectivity index (χ0n) is 10.5. The molecule has 0 aromatic carbocycles. The lowest BCUT2D eigenvalue weighted by Crippen LogP contribution is -2.21. The summed E-state index contributed by atoms with van der Waals surface area (Å²) in [4.78, 5) is 2.67. The quantitative estimate of drug-likeness (QED) is 0.586. The lowest BCUT2D eigenvalue weighted by Gasteiger charge is -2.15. The van der Waals surface area contributed by atoms with Crippen LogP contribution in [0.4, 0.5) is 4.70 Å². The number of unbranched alkanes of at least 4 members (excludes halogenated alkanes) is 4. The van der Waals surface area contributed by atoms with Gasteiger partial charge in [-0.25, -0.2) is 0 Å². The van der Waals surface area contributed by atoms with Crippen LogP contribution in [0.2, 0.25) is 0 Å². The van der Waals surface area contributed by atoms with Crippen molar-refractivity contribution >= 4 is 0 Å². The lowest BCUT2D eigenvalue weighted by molar-refractivity contribution is 0.313. The van der Waals surface area contributed by atoms with Crippen LogP contribution < -0.4 is 0 Å². The van der Waals surface area contributed by atoms with E-state index in [4.69, 9.17) is 0 Å². The van der Waals surface area contributed by atoms with Gasteiger partial charge in [0.1, 0.15) is 0 Å². The lowest BCUT2D eigenvalue weighted by atomic mass is 10.1. The Morgan fingerprint density at radius 3 is 2.40 bits per heavy atom. The molecule has 0 aliphatic carbocycles. The molecule has 1 atom stereocenters. The predicted octanol–water partition coefficient (Wildman–Crippen LogP) is 3.84. The summed E-state index contributed by atoms with van der Waals surface area (Å²) in [5, 5.41) is 0. The third-order valence-electron chi connectivity index (χ3n) is 3.53. The van der Waals surface area contributed by atoms with Gasteiger partial charge in [0.05, 0.1) is 0 Å². The first-order valence-electron chi connectivity index (χ1n) is 6.59. The van der Waals surface area contributed by atoms with Gasteiger partial charge >= 0.3 is 0 Å². The fraction of sp³-hybridized carbons (Fsp3) is 1.00. The van der Waals surface area contributed by atoms with Gasteiger partial charge < -0.3 is 4.90 Å². The molecule has 1 fully saturated rings. The van der Waals surface area contributed by atoms with E-state index in [2.05, 4.69) is 18.7 Å². The first-order chi connectivity index (χ1) is 6.86. The molecular weight excluding hydrogens is 189 g/mol. The summed E-state index contributed by atoms with van der Waals surface area (Å²) >= 11 is 0. The highest BCUT2D eigenvalue weighted by molar-refractivity contribution is 4.74. The highest BCUT2D eigenvalue weighted by Crippen LogP contribution is 2.19. The molecule has 92 valence electrons. The van der Waals surface area contributed by atoms with Gasteiger partial charge in [-0.3, -0.25) is 4.70 Å². The van der Waals surface area contributed by atoms with Gasteiger partial charge in [0, 0.05) is 6.54 Å². The highest BCUT2D eigenvalue weighted by Gasteiger charge is 2.19. The van der Waals surface area contributed by atoms with Crippen molar-refractivity contribution in [1.29, 1.82) is 0 Å². The average Bonchev–Trinajstić information content (AvgIpc) is 2.65. The molecule has 0 aromatic rings. The van der Waals surface area contributed by atoms with Crippen molar-refractivity contribution in [2.75, 3.05) is 19.6 Å². The van der Waals surface area contributed by atoms with Gasteiger partial charge in [0.15, 0.2) is 0 Å². The summed E-state index contributed by atoms with van der Waals surface area (Å²) in [5.41, 5.74) is 0. The Balaban J connectivity index is 0.00000196. The van der Waals surface area contributed by atoms with Crippen LogP contribution in [-0.2, 0) is 0 Å². The number of hydrogen-bond acceptors (Lipinski definition) is 1. The zero-order valence-corrected chi connectivity index (χ0v) is 10.5. The predicted molar refractivity (Wildman–Crippen MR) is 66.1 cm³/mol. The highest BCUT2D eigenvalue weighted by atomic mass is 19.0. The average molecular weight is 217 g/mol. The monoisotopic (exact) mass is 217 g/mol. The van der Waals surface area contributed by atoms with Gasteiger partial charge in [-0.2, -0.15) is 0 Å². The third-order valence-corrected chi connectivity index (χ3v) is 3.53. The second kappa shape index (κ2) is 9.14. The standard InChI is InChI=1S/C13H27N.FH/c1-3-5-6-7-8-10-14-11-9-13(4-2)12-14;/h13H,3-12H2,1-2H3;1H. The number of rotatable bonds is 7. The fourth-order valence-electron chi connectivity index (χ4n) is 2.39. The van der Waals surface area contributed by atoms with Crippen molar-refractivity contribution in [3.8, 4) is 0 Å². The van der Waals surface area contributed by atoms with Crippen molar-refractivity contribution < 1.29 is 4.70 Å². The Bertz CT molecular complexity index is 138. The molecule has 1 aliphatic rings. The molecule has 2 heteroatoms. The summed E-state index contributed by atoms with van der Waals surface area (Å²) in [6.07, 6.45) is 9.94. The van der Waals surface area contributed by atoms with E-state index in [1.54, 1.807) is 0 Å². The maximum absolute atomic E-state index is 2.67. The van der Waals surface area contributed by atoms with E-state index >= 15 is 0 Å². The van der Waals surface area contributed by atoms with Gasteiger partial charge in [-0.15, -0.1) is 0 Å².